The van der Waals surface area contributed by atoms with Crippen LogP contribution in [0.5, 0.6) is 0 Å². The van der Waals surface area contributed by atoms with Crippen LogP contribution < -0.4 is 16.0 Å². The Morgan fingerprint density at radius 3 is 2.29 bits per heavy atom. The number of rotatable bonds is 2. The molecule has 0 saturated carbocycles. The Labute approximate surface area is 43.6 Å². The third kappa shape index (κ3) is 2.87. The van der Waals surface area contributed by atoms with Crippen molar-refractivity contribution in [2.75, 3.05) is 6.66 Å². The van der Waals surface area contributed by atoms with Crippen LogP contribution in [-0.4, -0.2) is 6.66 Å². The van der Waals surface area contributed by atoms with E-state index in [2.05, 4.69) is 0 Å². The second-order valence-corrected chi connectivity index (χ2v) is 1.95. The van der Waals surface area contributed by atoms with Crippen molar-refractivity contribution < 1.29 is 10.2 Å². The van der Waals surface area contributed by atoms with Crippen LogP contribution in [0.4, 0.5) is 0 Å². The van der Waals surface area contributed by atoms with Gasteiger partial charge in [0, 0.05) is 6.66 Å². The van der Waals surface area contributed by atoms with Gasteiger partial charge in [-0.15, -0.1) is 5.84 Å². The van der Waals surface area contributed by atoms with Gasteiger partial charge in [-0.1, -0.05) is 0 Å². The normalized spacial score (nSPS) is 20.6. The maximum Gasteiger partial charge on any atom is 0.135 e. The first kappa shape index (κ1) is 7.23. The van der Waals surface area contributed by atoms with E-state index < -0.39 is 0 Å². The summed E-state index contributed by atoms with van der Waals surface area (Å²) in [5.41, 5.74) is 0. The number of nitrogens with two attached hydrogens (primary N) is 1. The fourth-order valence-corrected chi connectivity index (χ4v) is 0.404. The minimum Gasteiger partial charge on any atom is -0.582 e. The summed E-state index contributed by atoms with van der Waals surface area (Å²) in [5, 5.41) is 9.84. The first-order valence-electron chi connectivity index (χ1n) is 1.74. The number of hydrogen-bond acceptors (Lipinski definition) is 2. The van der Waals surface area contributed by atoms with E-state index in [4.69, 9.17) is 11.7 Å². The average molecular weight is 124 g/mol. The zero-order valence-electron chi connectivity index (χ0n) is 3.99. The molecule has 0 aromatic carbocycles. The summed E-state index contributed by atoms with van der Waals surface area (Å²) in [5.74, 6) is 11.3. The molecule has 0 spiro atoms. The molecule has 0 amide bonds. The molecule has 0 bridgehead atoms. The first-order chi connectivity index (χ1) is 3.18. The molecule has 0 aliphatic carbocycles. The quantitative estimate of drug-likeness (QED) is 0.211. The molecule has 3 atom stereocenters. The van der Waals surface area contributed by atoms with E-state index in [1.807, 2.05) is 0 Å². The Morgan fingerprint density at radius 1 is 1.86 bits per heavy atom. The van der Waals surface area contributed by atoms with Gasteiger partial charge in [-0.25, -0.2) is 0 Å². The fourth-order valence-electron chi connectivity index (χ4n) is 0.135. The average Bonchev–Trinajstić information content (AvgIpc) is 1.65. The fraction of sp³-hybridized carbons (Fsp3) is 1.00. The van der Waals surface area contributed by atoms with Gasteiger partial charge in [-0.2, -0.15) is 10.2 Å². The molecule has 7 heavy (non-hydrogen) atoms. The van der Waals surface area contributed by atoms with Crippen molar-refractivity contribution >= 4 is 8.73 Å². The smallest absolute Gasteiger partial charge is 0.135 e. The van der Waals surface area contributed by atoms with E-state index in [-0.39, 0.29) is 18.9 Å². The largest absolute Gasteiger partial charge is 0.582 e. The Morgan fingerprint density at radius 2 is 2.29 bits per heavy atom. The van der Waals surface area contributed by atoms with Gasteiger partial charge in [0.1, 0.15) is 8.73 Å². The molecule has 44 valence electrons. The molecule has 0 aromatic rings. The van der Waals surface area contributed by atoms with Gasteiger partial charge in [-0.05, 0) is 0 Å². The van der Waals surface area contributed by atoms with Crippen LogP contribution in [0, 0.1) is 5.21 Å². The van der Waals surface area contributed by atoms with Crippen molar-refractivity contribution in [3.05, 3.63) is 11.0 Å². The third-order valence-electron chi connectivity index (χ3n) is 0.472. The highest BCUT2D eigenvalue weighted by Gasteiger charge is 1.90. The summed E-state index contributed by atoms with van der Waals surface area (Å²) >= 11 is 0. The second kappa shape index (κ2) is 3.26. The van der Waals surface area contributed by atoms with E-state index in [0.717, 1.165) is 0 Å². The lowest BCUT2D eigenvalue weighted by atomic mass is 12.0. The Kier molecular flexibility index (Phi) is 3.37. The molecule has 0 fully saturated rings. The van der Waals surface area contributed by atoms with Crippen LogP contribution in [0.3, 0.4) is 0 Å². The molecule has 3 unspecified atom stereocenters. The number of hydrogen-bond donors (Lipinski definition) is 3. The van der Waals surface area contributed by atoms with Crippen LogP contribution in [0.15, 0.2) is 0 Å². The van der Waals surface area contributed by atoms with Crippen LogP contribution in [-0.2, 0) is 0 Å². The highest BCUT2D eigenvalue weighted by atomic mass is 31.1. The lowest BCUT2D eigenvalue weighted by molar-refractivity contribution is -1.41. The monoisotopic (exact) mass is 124 g/mol. The maximum atomic E-state index is 10.2. The molecule has 0 saturated heterocycles. The van der Waals surface area contributed by atoms with E-state index in [9.17, 15) is 5.21 Å². The predicted molar refractivity (Wildman–Crippen MR) is 28.0 cm³/mol. The third-order valence-corrected chi connectivity index (χ3v) is 1.20. The zero-order valence-corrected chi connectivity index (χ0v) is 4.99. The molecule has 0 aliphatic heterocycles. The topological polar surface area (TPSA) is 81.8 Å². The van der Waals surface area contributed by atoms with Gasteiger partial charge in [0.05, 0.1) is 0 Å². The summed E-state index contributed by atoms with van der Waals surface area (Å²) in [6.45, 7) is 1.70. The van der Waals surface area contributed by atoms with Crippen molar-refractivity contribution in [3.8, 4) is 0 Å². The van der Waals surface area contributed by atoms with Crippen LogP contribution >= 0.6 is 8.73 Å². The molecule has 0 aromatic heterocycles. The Hall–Kier alpha value is 0.230. The van der Waals surface area contributed by atoms with Crippen molar-refractivity contribution in [2.24, 2.45) is 5.84 Å². The molecule has 5 N–H and O–H groups in total. The van der Waals surface area contributed by atoms with Crippen LogP contribution in [0.1, 0.15) is 0 Å². The Bertz CT molecular complexity index is 49.0. The summed E-state index contributed by atoms with van der Waals surface area (Å²) in [4.78, 5) is -0.264. The van der Waals surface area contributed by atoms with Crippen molar-refractivity contribution in [3.63, 3.8) is 0 Å². The molecule has 0 radical (unpaired) electrons. The zero-order chi connectivity index (χ0) is 5.86. The summed E-state index contributed by atoms with van der Waals surface area (Å²) in [6.07, 6.45) is 0. The molecule has 0 aliphatic rings. The van der Waals surface area contributed by atoms with E-state index >= 15 is 0 Å². The van der Waals surface area contributed by atoms with Gasteiger partial charge in [0.15, 0.2) is 0 Å². The molecule has 0 rings (SSSR count). The molecule has 0 heterocycles. The van der Waals surface area contributed by atoms with Crippen LogP contribution in [0.2, 0.25) is 0 Å². The maximum absolute atomic E-state index is 10.2. The summed E-state index contributed by atoms with van der Waals surface area (Å²) in [7, 11) is 0.123. The molecular formula is CH9N4OP. The summed E-state index contributed by atoms with van der Waals surface area (Å²) < 4.78 is 0. The first-order valence-corrected chi connectivity index (χ1v) is 3.24. The minimum absolute atomic E-state index is 0.123. The van der Waals surface area contributed by atoms with Crippen LogP contribution in [0.25, 0.3) is 5.84 Å². The molecule has 5 nitrogen and oxygen atoms in total. The second-order valence-electron chi connectivity index (χ2n) is 0.993. The minimum atomic E-state index is -0.333. The van der Waals surface area contributed by atoms with E-state index in [0.29, 0.717) is 0 Å². The standard InChI is InChI=1S/CH9N4OP/c1-7-5(6)4(2)3/h2,4-5,7H,3H2,1H3. The predicted octanol–water partition coefficient (Wildman–Crippen LogP) is -2.77. The van der Waals surface area contributed by atoms with Crippen molar-refractivity contribution in [1.29, 1.82) is 0 Å². The number of quaternary nitrogens is 2. The molecule has 6 heteroatoms. The van der Waals surface area contributed by atoms with E-state index in [1.54, 1.807) is 6.66 Å². The lowest BCUT2D eigenvalue weighted by Gasteiger charge is -2.25. The van der Waals surface area contributed by atoms with Crippen molar-refractivity contribution in [1.82, 2.24) is 0 Å². The van der Waals surface area contributed by atoms with Crippen molar-refractivity contribution in [2.45, 2.75) is 0 Å². The number of nitrogens with one attached hydrogen (secondary N) is 3. The Balaban J connectivity index is 3.14. The highest BCUT2D eigenvalue weighted by molar-refractivity contribution is 7.29. The van der Waals surface area contributed by atoms with Gasteiger partial charge < -0.3 is 11.0 Å². The van der Waals surface area contributed by atoms with Gasteiger partial charge >= 0.3 is 0 Å². The van der Waals surface area contributed by atoms with Gasteiger partial charge in [0.2, 0.25) is 0 Å². The van der Waals surface area contributed by atoms with Gasteiger partial charge in [0.25, 0.3) is 0 Å². The molecular weight excluding hydrogens is 115 g/mol. The van der Waals surface area contributed by atoms with Gasteiger partial charge in [-0.3, -0.25) is 0 Å². The van der Waals surface area contributed by atoms with E-state index in [1.165, 1.54) is 0 Å². The summed E-state index contributed by atoms with van der Waals surface area (Å²) in [6, 6.07) is 0. The SMILES string of the molecule is CP[NH+]([O-])[NH+]([NH-])N. The highest BCUT2D eigenvalue weighted by Crippen LogP contribution is 1.74. The lowest BCUT2D eigenvalue weighted by Crippen LogP contribution is -3.54.